The molecule has 37 heavy (non-hydrogen) atoms. The normalized spacial score (nSPS) is 25.4. The maximum atomic E-state index is 14.4. The lowest BCUT2D eigenvalue weighted by atomic mass is 9.67. The second kappa shape index (κ2) is 11.0. The summed E-state index contributed by atoms with van der Waals surface area (Å²) in [6.45, 7) is 8.14. The fourth-order valence-electron chi connectivity index (χ4n) is 5.62. The molecule has 1 aliphatic heterocycles. The van der Waals surface area contributed by atoms with Crippen LogP contribution >= 0.6 is 23.2 Å². The van der Waals surface area contributed by atoms with Crippen LogP contribution in [0.25, 0.3) is 0 Å². The number of carbonyl (C=O) groups excluding carboxylic acids is 1. The molecule has 1 aromatic heterocycles. The summed E-state index contributed by atoms with van der Waals surface area (Å²) in [5, 5.41) is 0.830. The molecule has 9 heteroatoms. The van der Waals surface area contributed by atoms with Crippen LogP contribution in [0.3, 0.4) is 0 Å². The highest BCUT2D eigenvalue weighted by Gasteiger charge is 2.51. The number of pyridine rings is 1. The number of piperidine rings is 1. The zero-order chi connectivity index (χ0) is 27.0. The van der Waals surface area contributed by atoms with Gasteiger partial charge in [0.1, 0.15) is 0 Å². The summed E-state index contributed by atoms with van der Waals surface area (Å²) < 4.78 is 27.5. The van der Waals surface area contributed by atoms with Gasteiger partial charge in [-0.25, -0.2) is 12.7 Å². The molecule has 1 aromatic carbocycles. The number of aromatic nitrogens is 1. The molecule has 2 heterocycles. The van der Waals surface area contributed by atoms with Gasteiger partial charge in [0, 0.05) is 43.0 Å². The summed E-state index contributed by atoms with van der Waals surface area (Å²) in [5.41, 5.74) is 1.17. The van der Waals surface area contributed by atoms with Gasteiger partial charge in [0.25, 0.3) is 0 Å². The van der Waals surface area contributed by atoms with Gasteiger partial charge in [0.15, 0.2) is 0 Å². The number of rotatable bonds is 10. The quantitative estimate of drug-likeness (QED) is 0.321. The molecule has 1 amide bonds. The molecule has 1 saturated heterocycles. The predicted molar refractivity (Wildman–Crippen MR) is 149 cm³/mol. The van der Waals surface area contributed by atoms with E-state index in [9.17, 15) is 13.2 Å². The average Bonchev–Trinajstić information content (AvgIpc) is 3.71. The van der Waals surface area contributed by atoms with Gasteiger partial charge in [0.2, 0.25) is 15.9 Å². The van der Waals surface area contributed by atoms with Gasteiger partial charge in [0.05, 0.1) is 21.7 Å². The summed E-state index contributed by atoms with van der Waals surface area (Å²) in [4.78, 5) is 20.6. The highest BCUT2D eigenvalue weighted by atomic mass is 35.5. The van der Waals surface area contributed by atoms with Crippen LogP contribution in [-0.4, -0.2) is 53.4 Å². The lowest BCUT2D eigenvalue weighted by molar-refractivity contribution is -0.154. The van der Waals surface area contributed by atoms with E-state index in [1.807, 2.05) is 55.3 Å². The van der Waals surface area contributed by atoms with Gasteiger partial charge in [-0.05, 0) is 61.4 Å². The number of likely N-dealkylation sites (N-methyl/N-ethyl adjacent to an activating group) is 1. The maximum absolute atomic E-state index is 14.4. The van der Waals surface area contributed by atoms with Crippen molar-refractivity contribution in [1.29, 1.82) is 0 Å². The molecule has 0 unspecified atom stereocenters. The third-order valence-electron chi connectivity index (χ3n) is 7.78. The second-order valence-corrected chi connectivity index (χ2v) is 13.8. The Morgan fingerprint density at radius 1 is 1.19 bits per heavy atom. The summed E-state index contributed by atoms with van der Waals surface area (Å²) >= 11 is 12.6. The molecule has 1 aliphatic carbocycles. The number of halogens is 2. The zero-order valence-electron chi connectivity index (χ0n) is 21.6. The first-order valence-electron chi connectivity index (χ1n) is 12.8. The smallest absolute Gasteiger partial charge is 0.229 e. The Bertz CT molecular complexity index is 1250. The molecule has 2 fully saturated rings. The van der Waals surface area contributed by atoms with Crippen LogP contribution < -0.4 is 0 Å². The number of hydrogen-bond acceptors (Lipinski definition) is 4. The van der Waals surface area contributed by atoms with E-state index in [4.69, 9.17) is 23.2 Å². The third kappa shape index (κ3) is 5.75. The SMILES string of the molecule is C=CC[C@@]1(C)C[C@H](c2cncc(Cl)c2)[C@@H](c2ccc(Cl)cc2)N([C@@H](CC)CN(C)S(=O)(=O)C2CC2)C1=O. The molecule has 0 spiro atoms. The van der Waals surface area contributed by atoms with Crippen LogP contribution in [0, 0.1) is 5.41 Å². The van der Waals surface area contributed by atoms with Crippen molar-refractivity contribution in [3.8, 4) is 0 Å². The van der Waals surface area contributed by atoms with Crippen LogP contribution in [0.15, 0.2) is 55.4 Å². The van der Waals surface area contributed by atoms with Gasteiger partial charge in [-0.2, -0.15) is 0 Å². The fraction of sp³-hybridized carbons (Fsp3) is 0.500. The van der Waals surface area contributed by atoms with Crippen molar-refractivity contribution in [2.45, 2.75) is 69.2 Å². The number of sulfonamides is 1. The third-order valence-corrected chi connectivity index (χ3v) is 10.6. The van der Waals surface area contributed by atoms with Gasteiger partial charge in [-0.1, -0.05) is 55.3 Å². The molecule has 2 aliphatic rings. The largest absolute Gasteiger partial charge is 0.330 e. The average molecular weight is 565 g/mol. The molecule has 0 radical (unpaired) electrons. The molecular weight excluding hydrogens is 529 g/mol. The number of amides is 1. The number of carbonyl (C=O) groups is 1. The van der Waals surface area contributed by atoms with Crippen LogP contribution in [0.2, 0.25) is 10.0 Å². The lowest BCUT2D eigenvalue weighted by Crippen LogP contribution is -2.58. The van der Waals surface area contributed by atoms with Crippen LogP contribution in [0.4, 0.5) is 0 Å². The number of nitrogens with zero attached hydrogens (tertiary/aromatic N) is 3. The molecule has 4 atom stereocenters. The monoisotopic (exact) mass is 563 g/mol. The predicted octanol–water partition coefficient (Wildman–Crippen LogP) is 6.23. The fourth-order valence-corrected chi connectivity index (χ4v) is 7.55. The van der Waals surface area contributed by atoms with Crippen molar-refractivity contribution < 1.29 is 13.2 Å². The number of likely N-dealkylation sites (tertiary alicyclic amines) is 1. The highest BCUT2D eigenvalue weighted by Crippen LogP contribution is 2.52. The molecule has 6 nitrogen and oxygen atoms in total. The van der Waals surface area contributed by atoms with Crippen molar-refractivity contribution >= 4 is 39.1 Å². The Hall–Kier alpha value is -1.93. The second-order valence-electron chi connectivity index (χ2n) is 10.6. The number of hydrogen-bond donors (Lipinski definition) is 0. The Labute approximate surface area is 230 Å². The van der Waals surface area contributed by atoms with Gasteiger partial charge in [-0.3, -0.25) is 9.78 Å². The Morgan fingerprint density at radius 2 is 1.86 bits per heavy atom. The van der Waals surface area contributed by atoms with Crippen molar-refractivity contribution in [1.82, 2.24) is 14.2 Å². The van der Waals surface area contributed by atoms with E-state index >= 15 is 0 Å². The summed E-state index contributed by atoms with van der Waals surface area (Å²) in [5.74, 6) is -0.114. The first kappa shape index (κ1) is 28.1. The summed E-state index contributed by atoms with van der Waals surface area (Å²) in [6, 6.07) is 8.80. The van der Waals surface area contributed by atoms with E-state index in [1.54, 1.807) is 19.3 Å². The Balaban J connectivity index is 1.85. The first-order chi connectivity index (χ1) is 17.5. The molecule has 2 aromatic rings. The molecular formula is C28H35Cl2N3O3S. The van der Waals surface area contributed by atoms with Crippen molar-refractivity contribution in [3.05, 3.63) is 76.6 Å². The molecule has 4 rings (SSSR count). The van der Waals surface area contributed by atoms with Crippen LogP contribution in [0.5, 0.6) is 0 Å². The summed E-state index contributed by atoms with van der Waals surface area (Å²) in [6.07, 6.45) is 8.28. The molecule has 0 bridgehead atoms. The molecule has 200 valence electrons. The van der Waals surface area contributed by atoms with Gasteiger partial charge < -0.3 is 4.90 Å². The Morgan fingerprint density at radius 3 is 2.43 bits per heavy atom. The minimum atomic E-state index is -3.39. The number of benzene rings is 1. The molecule has 0 N–H and O–H groups in total. The zero-order valence-corrected chi connectivity index (χ0v) is 23.9. The van der Waals surface area contributed by atoms with Gasteiger partial charge >= 0.3 is 0 Å². The first-order valence-corrected chi connectivity index (χ1v) is 15.0. The standard InChI is InChI=1S/C28H35Cl2N3O3S/c1-5-13-28(3)15-25(20-14-22(30)17-31-16-20)26(19-7-9-21(29)10-8-19)33(27(28)34)23(6-2)18-32(4)37(35,36)24-11-12-24/h5,7-10,14,16-17,23-26H,1,6,11-13,15,18H2,2-4H3/t23-,25+,26+,28-/m0/s1. The van der Waals surface area contributed by atoms with Crippen molar-refractivity contribution in [2.24, 2.45) is 5.41 Å². The van der Waals surface area contributed by atoms with E-state index in [-0.39, 0.29) is 35.7 Å². The maximum Gasteiger partial charge on any atom is 0.229 e. The lowest BCUT2D eigenvalue weighted by Gasteiger charge is -2.52. The van der Waals surface area contributed by atoms with E-state index in [2.05, 4.69) is 11.6 Å². The van der Waals surface area contributed by atoms with E-state index in [0.29, 0.717) is 42.1 Å². The topological polar surface area (TPSA) is 70.6 Å². The van der Waals surface area contributed by atoms with E-state index in [1.165, 1.54) is 4.31 Å². The van der Waals surface area contributed by atoms with Gasteiger partial charge in [-0.15, -0.1) is 6.58 Å². The van der Waals surface area contributed by atoms with Crippen molar-refractivity contribution in [2.75, 3.05) is 13.6 Å². The molecule has 1 saturated carbocycles. The highest BCUT2D eigenvalue weighted by molar-refractivity contribution is 7.90. The van der Waals surface area contributed by atoms with Crippen LogP contribution in [-0.2, 0) is 14.8 Å². The van der Waals surface area contributed by atoms with E-state index in [0.717, 1.165) is 11.1 Å². The van der Waals surface area contributed by atoms with Crippen molar-refractivity contribution in [3.63, 3.8) is 0 Å². The minimum absolute atomic E-state index is 0.00246. The number of allylic oxidation sites excluding steroid dienone is 1. The summed E-state index contributed by atoms with van der Waals surface area (Å²) in [7, 11) is -1.76. The van der Waals surface area contributed by atoms with E-state index < -0.39 is 15.4 Å². The minimum Gasteiger partial charge on any atom is -0.330 e. The van der Waals surface area contributed by atoms with Crippen LogP contribution in [0.1, 0.15) is 69.0 Å². The Kier molecular flexibility index (Phi) is 8.39.